The van der Waals surface area contributed by atoms with E-state index < -0.39 is 5.60 Å². The van der Waals surface area contributed by atoms with Crippen molar-refractivity contribution in [2.24, 2.45) is 0 Å². The molecule has 1 aliphatic carbocycles. The van der Waals surface area contributed by atoms with E-state index in [1.165, 1.54) is 12.8 Å². The maximum absolute atomic E-state index is 12.7. The highest BCUT2D eigenvalue weighted by Gasteiger charge is 2.45. The summed E-state index contributed by atoms with van der Waals surface area (Å²) >= 11 is 7.68. The summed E-state index contributed by atoms with van der Waals surface area (Å²) in [6, 6.07) is 2.65. The number of carbonyl (C=O) groups is 1. The molecule has 2 unspecified atom stereocenters. The topological polar surface area (TPSA) is 83.5 Å². The molecule has 2 bridgehead atoms. The molecule has 3 fully saturated rings. The number of hydrogen-bond acceptors (Lipinski definition) is 8. The van der Waals surface area contributed by atoms with Crippen LogP contribution in [0, 0.1) is 0 Å². The monoisotopic (exact) mass is 462 g/mol. The summed E-state index contributed by atoms with van der Waals surface area (Å²) in [4.78, 5) is 21.1. The first kappa shape index (κ1) is 20.8. The first-order valence-corrected chi connectivity index (χ1v) is 12.0. The molecule has 10 heteroatoms. The Bertz CT molecular complexity index is 974. The minimum Gasteiger partial charge on any atom is -0.444 e. The van der Waals surface area contributed by atoms with Gasteiger partial charge in [0.05, 0.1) is 17.6 Å². The number of pyridine rings is 1. The van der Waals surface area contributed by atoms with Crippen molar-refractivity contribution in [3.63, 3.8) is 0 Å². The van der Waals surface area contributed by atoms with Gasteiger partial charge in [-0.15, -0.1) is 10.2 Å². The molecule has 0 radical (unpaired) electrons. The SMILES string of the molecule is CC(C)(C)OC(=O)N1C2CCC1CN(c1nnc(-c3cnc(Cl)cc3NC3CC3)s1)C2. The van der Waals surface area contributed by atoms with Crippen LogP contribution in [0.3, 0.4) is 0 Å². The van der Waals surface area contributed by atoms with Crippen molar-refractivity contribution in [2.75, 3.05) is 23.3 Å². The van der Waals surface area contributed by atoms with Crippen LogP contribution < -0.4 is 10.2 Å². The highest BCUT2D eigenvalue weighted by molar-refractivity contribution is 7.18. The predicted molar refractivity (Wildman–Crippen MR) is 122 cm³/mol. The fraction of sp³-hybridized carbons (Fsp3) is 0.619. The Morgan fingerprint density at radius 2 is 1.90 bits per heavy atom. The molecule has 1 N–H and O–H groups in total. The molecule has 8 nitrogen and oxygen atoms in total. The van der Waals surface area contributed by atoms with Gasteiger partial charge in [0.1, 0.15) is 10.8 Å². The Morgan fingerprint density at radius 3 is 2.55 bits per heavy atom. The van der Waals surface area contributed by atoms with E-state index in [9.17, 15) is 4.79 Å². The van der Waals surface area contributed by atoms with Gasteiger partial charge in [0.15, 0.2) is 5.01 Å². The molecule has 1 amide bonds. The standard InChI is InChI=1S/C21H27ClN6O2S/c1-21(2,3)30-20(29)28-13-6-7-14(28)11-27(10-13)19-26-25-18(31-19)15-9-23-17(22)8-16(15)24-12-4-5-12/h8-9,12-14H,4-7,10-11H2,1-3H3,(H,23,24). The van der Waals surface area contributed by atoms with Crippen LogP contribution in [0.5, 0.6) is 0 Å². The number of piperazine rings is 1. The number of hydrogen-bond donors (Lipinski definition) is 1. The van der Waals surface area contributed by atoms with E-state index in [2.05, 4.69) is 25.4 Å². The molecule has 5 rings (SSSR count). The van der Waals surface area contributed by atoms with Gasteiger partial charge in [0.25, 0.3) is 0 Å². The zero-order valence-corrected chi connectivity index (χ0v) is 19.5. The average molecular weight is 463 g/mol. The lowest BCUT2D eigenvalue weighted by Crippen LogP contribution is -2.56. The molecule has 2 atom stereocenters. The third-order valence-corrected chi connectivity index (χ3v) is 7.03. The van der Waals surface area contributed by atoms with E-state index in [4.69, 9.17) is 16.3 Å². The lowest BCUT2D eigenvalue weighted by Gasteiger charge is -2.41. The summed E-state index contributed by atoms with van der Waals surface area (Å²) in [5, 5.41) is 14.6. The molecule has 2 aromatic rings. The molecule has 166 valence electrons. The molecule has 2 aromatic heterocycles. The lowest BCUT2D eigenvalue weighted by molar-refractivity contribution is 0.0123. The van der Waals surface area contributed by atoms with Crippen LogP contribution in [0.4, 0.5) is 15.6 Å². The van der Waals surface area contributed by atoms with Gasteiger partial charge in [-0.1, -0.05) is 22.9 Å². The average Bonchev–Trinajstić information content (AvgIpc) is 3.28. The maximum atomic E-state index is 12.7. The summed E-state index contributed by atoms with van der Waals surface area (Å²) in [6.07, 6.45) is 5.88. The Balaban J connectivity index is 1.32. The van der Waals surface area contributed by atoms with Crippen molar-refractivity contribution in [2.45, 2.75) is 70.2 Å². The molecular formula is C21H27ClN6O2S. The van der Waals surface area contributed by atoms with E-state index in [1.54, 1.807) is 17.5 Å². The molecule has 0 aromatic carbocycles. The molecule has 4 heterocycles. The summed E-state index contributed by atoms with van der Waals surface area (Å²) < 4.78 is 5.64. The number of amides is 1. The van der Waals surface area contributed by atoms with Crippen LogP contribution in [-0.4, -0.2) is 63.0 Å². The molecule has 2 aliphatic heterocycles. The Morgan fingerprint density at radius 1 is 1.19 bits per heavy atom. The second kappa shape index (κ2) is 7.78. The number of carbonyl (C=O) groups excluding carboxylic acids is 1. The fourth-order valence-electron chi connectivity index (χ4n) is 4.29. The fourth-order valence-corrected chi connectivity index (χ4v) is 5.34. The number of nitrogens with zero attached hydrogens (tertiary/aromatic N) is 5. The minimum absolute atomic E-state index is 0.144. The van der Waals surface area contributed by atoms with Gasteiger partial charge < -0.3 is 15.0 Å². The van der Waals surface area contributed by atoms with Crippen molar-refractivity contribution in [1.82, 2.24) is 20.1 Å². The molecule has 2 saturated heterocycles. The van der Waals surface area contributed by atoms with Crippen LogP contribution in [0.15, 0.2) is 12.3 Å². The number of rotatable bonds is 4. The Labute approximate surface area is 190 Å². The third-order valence-electron chi connectivity index (χ3n) is 5.81. The first-order valence-electron chi connectivity index (χ1n) is 10.8. The predicted octanol–water partition coefficient (Wildman–Crippen LogP) is 4.42. The number of aromatic nitrogens is 3. The first-order chi connectivity index (χ1) is 14.8. The zero-order valence-electron chi connectivity index (χ0n) is 18.0. The molecular weight excluding hydrogens is 436 g/mol. The van der Waals surface area contributed by atoms with Crippen molar-refractivity contribution in [1.29, 1.82) is 0 Å². The lowest BCUT2D eigenvalue weighted by atomic mass is 10.2. The van der Waals surface area contributed by atoms with Gasteiger partial charge >= 0.3 is 6.09 Å². The number of fused-ring (bicyclic) bond motifs is 2. The molecule has 31 heavy (non-hydrogen) atoms. The van der Waals surface area contributed by atoms with E-state index in [0.717, 1.165) is 47.3 Å². The summed E-state index contributed by atoms with van der Waals surface area (Å²) in [5.41, 5.74) is 1.40. The van der Waals surface area contributed by atoms with Crippen LogP contribution in [0.1, 0.15) is 46.5 Å². The van der Waals surface area contributed by atoms with Gasteiger partial charge in [0, 0.05) is 31.0 Å². The quantitative estimate of drug-likeness (QED) is 0.673. The van der Waals surface area contributed by atoms with Crippen LogP contribution in [0.2, 0.25) is 5.15 Å². The second-order valence-corrected chi connectivity index (χ2v) is 10.9. The van der Waals surface area contributed by atoms with Crippen molar-refractivity contribution in [3.05, 3.63) is 17.4 Å². The van der Waals surface area contributed by atoms with Gasteiger partial charge in [-0.3, -0.25) is 4.90 Å². The van der Waals surface area contributed by atoms with Crippen LogP contribution >= 0.6 is 22.9 Å². The van der Waals surface area contributed by atoms with Crippen molar-refractivity contribution < 1.29 is 9.53 Å². The second-order valence-electron chi connectivity index (χ2n) is 9.54. The van der Waals surface area contributed by atoms with Gasteiger partial charge in [0.2, 0.25) is 5.13 Å². The normalized spacial score (nSPS) is 23.2. The number of halogens is 1. The molecule has 0 spiro atoms. The van der Waals surface area contributed by atoms with Crippen molar-refractivity contribution in [3.8, 4) is 10.6 Å². The highest BCUT2D eigenvalue weighted by atomic mass is 35.5. The third kappa shape index (κ3) is 4.43. The molecule has 1 saturated carbocycles. The number of ether oxygens (including phenoxy) is 1. The highest BCUT2D eigenvalue weighted by Crippen LogP contribution is 2.39. The largest absolute Gasteiger partial charge is 0.444 e. The van der Waals surface area contributed by atoms with Gasteiger partial charge in [-0.2, -0.15) is 0 Å². The number of anilines is 2. The smallest absolute Gasteiger partial charge is 0.410 e. The summed E-state index contributed by atoms with van der Waals surface area (Å²) in [7, 11) is 0. The van der Waals surface area contributed by atoms with Gasteiger partial charge in [-0.05, 0) is 52.5 Å². The summed E-state index contributed by atoms with van der Waals surface area (Å²) in [5.74, 6) is 0. The zero-order chi connectivity index (χ0) is 21.8. The van der Waals surface area contributed by atoms with E-state index >= 15 is 0 Å². The van der Waals surface area contributed by atoms with E-state index in [0.29, 0.717) is 11.2 Å². The molecule has 3 aliphatic rings. The maximum Gasteiger partial charge on any atom is 0.410 e. The van der Waals surface area contributed by atoms with Crippen molar-refractivity contribution >= 4 is 39.8 Å². The van der Waals surface area contributed by atoms with E-state index in [-0.39, 0.29) is 18.2 Å². The Kier molecular flexibility index (Phi) is 5.21. The van der Waals surface area contributed by atoms with Gasteiger partial charge in [-0.25, -0.2) is 9.78 Å². The van der Waals surface area contributed by atoms with Crippen LogP contribution in [-0.2, 0) is 4.74 Å². The Hall–Kier alpha value is -2.13. The summed E-state index contributed by atoms with van der Waals surface area (Å²) in [6.45, 7) is 7.21. The minimum atomic E-state index is -0.486. The van der Waals surface area contributed by atoms with E-state index in [1.807, 2.05) is 31.7 Å². The van der Waals surface area contributed by atoms with Crippen LogP contribution in [0.25, 0.3) is 10.6 Å². The number of nitrogens with one attached hydrogen (secondary N) is 1.